The van der Waals surface area contributed by atoms with Crippen LogP contribution in [0, 0.1) is 3.93 Å². The van der Waals surface area contributed by atoms with Crippen molar-refractivity contribution in [1.82, 2.24) is 0 Å². The first-order chi connectivity index (χ1) is 2.00. The van der Waals surface area contributed by atoms with Crippen molar-refractivity contribution >= 4 is 0 Å². The van der Waals surface area contributed by atoms with Gasteiger partial charge >= 0.3 is 38.2 Å². The molecule has 0 N–H and O–H groups in total. The molecular formula is C3H3Hg-. The maximum atomic E-state index is 2.35. The number of hydrogen-bond donors (Lipinski definition) is 0. The Morgan fingerprint density at radius 1 is 1.75 bits per heavy atom. The monoisotopic (exact) mass is 241 g/mol. The zero-order chi connectivity index (χ0) is 2.83. The van der Waals surface area contributed by atoms with Crippen molar-refractivity contribution in [2.75, 3.05) is 0 Å². The van der Waals surface area contributed by atoms with Gasteiger partial charge in [-0.25, -0.2) is 0 Å². The first kappa shape index (κ1) is 2.77. The summed E-state index contributed by atoms with van der Waals surface area (Å²) in [6, 6.07) is 0. The van der Waals surface area contributed by atoms with Gasteiger partial charge in [-0.15, -0.1) is 0 Å². The van der Waals surface area contributed by atoms with E-state index in [1.165, 1.54) is 0 Å². The molecule has 0 fully saturated rings. The second kappa shape index (κ2) is 1.11. The molecule has 1 aliphatic rings. The summed E-state index contributed by atoms with van der Waals surface area (Å²) in [6.07, 6.45) is 2.15. The molecule has 0 aromatic heterocycles. The Morgan fingerprint density at radius 2 is 2.00 bits per heavy atom. The summed E-state index contributed by atoms with van der Waals surface area (Å²) < 4.78 is 4.69. The molecule has 1 heterocycles. The van der Waals surface area contributed by atoms with Crippen LogP contribution in [-0.4, -0.2) is 0 Å². The first-order valence-corrected chi connectivity index (χ1v) is 7.83. The van der Waals surface area contributed by atoms with Gasteiger partial charge in [0.1, 0.15) is 0 Å². The molecule has 0 amide bonds. The van der Waals surface area contributed by atoms with Crippen molar-refractivity contribution in [3.05, 3.63) is 13.6 Å². The normalized spacial score (nSPS) is 14.0. The molecule has 1 aliphatic heterocycles. The fraction of sp³-hybridized carbons (Fsp3) is 0. The molecule has 1 heteroatoms. The van der Waals surface area contributed by atoms with E-state index in [1.807, 2.05) is 0 Å². The zero-order valence-electron chi connectivity index (χ0n) is 2.44. The maximum absolute atomic E-state index is 2.35. The van der Waals surface area contributed by atoms with Crippen molar-refractivity contribution in [2.45, 2.75) is 0 Å². The molecule has 18 valence electrons. The van der Waals surface area contributed by atoms with Gasteiger partial charge in [0.15, 0.2) is 0 Å². The Morgan fingerprint density at radius 3 is 2.00 bits per heavy atom. The Bertz CT molecular complexity index is 32.5. The second-order valence-corrected chi connectivity index (χ2v) is 6.40. The summed E-state index contributed by atoms with van der Waals surface area (Å²) in [7, 11) is 0. The molecule has 0 aromatic carbocycles. The molecule has 0 saturated carbocycles. The average molecular weight is 240 g/mol. The quantitative estimate of drug-likeness (QED) is 0.433. The molecule has 0 atom stereocenters. The Labute approximate surface area is 38.3 Å². The molecule has 0 spiro atoms. The molecule has 4 heavy (non-hydrogen) atoms. The van der Waals surface area contributed by atoms with Crippen LogP contribution < -0.4 is 0 Å². The van der Waals surface area contributed by atoms with Crippen LogP contribution in [0.25, 0.3) is 0 Å². The molecule has 1 rings (SSSR count). The zero-order valence-corrected chi connectivity index (χ0v) is 7.94. The van der Waals surface area contributed by atoms with E-state index in [-0.39, 0.29) is 24.6 Å². The van der Waals surface area contributed by atoms with Crippen LogP contribution in [0.2, 0.25) is 0 Å². The van der Waals surface area contributed by atoms with Gasteiger partial charge in [0.2, 0.25) is 0 Å². The molecule has 0 unspecified atom stereocenters. The topological polar surface area (TPSA) is 0 Å². The van der Waals surface area contributed by atoms with Gasteiger partial charge in [0, 0.05) is 0 Å². The number of allylic oxidation sites excluding steroid dienone is 1. The summed E-state index contributed by atoms with van der Waals surface area (Å²) in [5, 5.41) is 0. The second-order valence-electron chi connectivity index (χ2n) is 0.900. The molecule has 0 bridgehead atoms. The molecule has 0 aromatic rings. The van der Waals surface area contributed by atoms with Gasteiger partial charge in [0.05, 0.1) is 0 Å². The van der Waals surface area contributed by atoms with Gasteiger partial charge in [-0.3, -0.25) is 0 Å². The average Bonchev–Trinajstić information content (AvgIpc) is 0.722. The van der Waals surface area contributed by atoms with Gasteiger partial charge in [-0.2, -0.15) is 0 Å². The summed E-state index contributed by atoms with van der Waals surface area (Å²) >= 11 is -0.238. The first-order valence-electron chi connectivity index (χ1n) is 1.48. The molecule has 0 radical (unpaired) electrons. The van der Waals surface area contributed by atoms with Crippen LogP contribution in [0.5, 0.6) is 0 Å². The van der Waals surface area contributed by atoms with Crippen LogP contribution >= 0.6 is 0 Å². The number of hydrogen-bond acceptors (Lipinski definition) is 0. The Balaban J connectivity index is 2.47. The fourth-order valence-electron chi connectivity index (χ4n) is 0.136. The summed E-state index contributed by atoms with van der Waals surface area (Å²) in [5.41, 5.74) is 0. The van der Waals surface area contributed by atoms with E-state index >= 15 is 0 Å². The van der Waals surface area contributed by atoms with Crippen LogP contribution in [0.1, 0.15) is 0 Å². The van der Waals surface area contributed by atoms with Gasteiger partial charge in [-0.1, -0.05) is 0 Å². The predicted octanol–water partition coefficient (Wildman–Crippen LogP) is 0.758. The summed E-state index contributed by atoms with van der Waals surface area (Å²) in [6.45, 7) is 0. The molecule has 0 aliphatic carbocycles. The van der Waals surface area contributed by atoms with Crippen molar-refractivity contribution in [3.63, 3.8) is 0 Å². The summed E-state index contributed by atoms with van der Waals surface area (Å²) in [5.74, 6) is 0. The predicted molar refractivity (Wildman–Crippen MR) is 13.4 cm³/mol. The third-order valence-electron chi connectivity index (χ3n) is 0.544. The SMILES string of the molecule is C1=[CH][Hg][CH-]1. The minimum absolute atomic E-state index is 0.238. The van der Waals surface area contributed by atoms with E-state index in [9.17, 15) is 0 Å². The van der Waals surface area contributed by atoms with E-state index in [1.54, 1.807) is 0 Å². The number of rotatable bonds is 0. The summed E-state index contributed by atoms with van der Waals surface area (Å²) in [4.78, 5) is 0. The van der Waals surface area contributed by atoms with Crippen molar-refractivity contribution < 1.29 is 24.6 Å². The van der Waals surface area contributed by atoms with E-state index in [0.717, 1.165) is 0 Å². The fourth-order valence-corrected chi connectivity index (χ4v) is 1.19. The third kappa shape index (κ3) is 0.294. The van der Waals surface area contributed by atoms with Crippen molar-refractivity contribution in [2.24, 2.45) is 0 Å². The minimum atomic E-state index is -0.238. The van der Waals surface area contributed by atoms with Crippen LogP contribution in [0.15, 0.2) is 9.66 Å². The van der Waals surface area contributed by atoms with Crippen molar-refractivity contribution in [3.8, 4) is 0 Å². The van der Waals surface area contributed by atoms with Crippen LogP contribution in [-0.2, 0) is 24.6 Å². The Kier molecular flexibility index (Phi) is 0.768. The van der Waals surface area contributed by atoms with Gasteiger partial charge in [0.25, 0.3) is 0 Å². The van der Waals surface area contributed by atoms with E-state index in [2.05, 4.69) is 13.6 Å². The van der Waals surface area contributed by atoms with E-state index in [4.69, 9.17) is 0 Å². The molecular weight excluding hydrogens is 237 g/mol. The van der Waals surface area contributed by atoms with Crippen LogP contribution in [0.4, 0.5) is 0 Å². The van der Waals surface area contributed by atoms with Crippen LogP contribution in [0.3, 0.4) is 0 Å². The van der Waals surface area contributed by atoms with Gasteiger partial charge in [-0.05, 0) is 0 Å². The van der Waals surface area contributed by atoms with E-state index < -0.39 is 0 Å². The molecule has 0 nitrogen and oxygen atoms in total. The third-order valence-corrected chi connectivity index (χ3v) is 4.78. The Hall–Kier alpha value is 0.545. The van der Waals surface area contributed by atoms with E-state index in [0.29, 0.717) is 0 Å². The van der Waals surface area contributed by atoms with Gasteiger partial charge < -0.3 is 0 Å². The molecule has 0 saturated heterocycles. The van der Waals surface area contributed by atoms with Crippen molar-refractivity contribution in [1.29, 1.82) is 0 Å². The standard InChI is InChI=1S/C3H3.Hg/c1-3-2;/h1-3H;/q-1;.